The van der Waals surface area contributed by atoms with Crippen molar-refractivity contribution in [1.82, 2.24) is 0 Å². The van der Waals surface area contributed by atoms with Gasteiger partial charge >= 0.3 is 0 Å². The molecule has 0 amide bonds. The summed E-state index contributed by atoms with van der Waals surface area (Å²) in [4.78, 5) is 0. The molecule has 0 radical (unpaired) electrons. The SMILES string of the molecule is [O-]N(O)c1ccc(C(F)F)c(F)c1. The number of alkyl halides is 2. The van der Waals surface area contributed by atoms with E-state index in [1.165, 1.54) is 0 Å². The molecule has 72 valence electrons. The van der Waals surface area contributed by atoms with Gasteiger partial charge in [-0.1, -0.05) is 0 Å². The van der Waals surface area contributed by atoms with Gasteiger partial charge in [-0.2, -0.15) is 0 Å². The molecule has 0 aliphatic rings. The zero-order chi connectivity index (χ0) is 10.0. The van der Waals surface area contributed by atoms with Crippen LogP contribution in [0.5, 0.6) is 0 Å². The molecule has 13 heavy (non-hydrogen) atoms. The van der Waals surface area contributed by atoms with E-state index in [2.05, 4.69) is 0 Å². The van der Waals surface area contributed by atoms with E-state index in [9.17, 15) is 18.4 Å². The second-order valence-electron chi connectivity index (χ2n) is 2.28. The molecule has 1 aromatic carbocycles. The maximum atomic E-state index is 12.7. The minimum Gasteiger partial charge on any atom is -0.733 e. The molecule has 0 unspecified atom stereocenters. The lowest BCUT2D eigenvalue weighted by atomic mass is 10.2. The summed E-state index contributed by atoms with van der Waals surface area (Å²) in [6, 6.07) is 2.18. The second-order valence-corrected chi connectivity index (χ2v) is 2.28. The molecule has 6 heteroatoms. The monoisotopic (exact) mass is 192 g/mol. The summed E-state index contributed by atoms with van der Waals surface area (Å²) in [5.74, 6) is -1.22. The van der Waals surface area contributed by atoms with Crippen LogP contribution in [-0.2, 0) is 0 Å². The Morgan fingerprint density at radius 2 is 2.00 bits per heavy atom. The fourth-order valence-electron chi connectivity index (χ4n) is 0.812. The average molecular weight is 192 g/mol. The van der Waals surface area contributed by atoms with Crippen LogP contribution in [-0.4, -0.2) is 5.21 Å². The van der Waals surface area contributed by atoms with Crippen LogP contribution in [0.1, 0.15) is 12.0 Å². The van der Waals surface area contributed by atoms with Crippen LogP contribution < -0.4 is 5.23 Å². The third kappa shape index (κ3) is 2.10. The summed E-state index contributed by atoms with van der Waals surface area (Å²) in [7, 11) is 0. The molecule has 0 saturated heterocycles. The standard InChI is InChI=1S/C7H5F3NO2/c8-6-3-4(11(12)13)1-2-5(6)7(9)10/h1-3,7,12H/q-1. The lowest BCUT2D eigenvalue weighted by Crippen LogP contribution is -2.07. The largest absolute Gasteiger partial charge is 0.733 e. The first-order valence-corrected chi connectivity index (χ1v) is 3.26. The Morgan fingerprint density at radius 3 is 2.38 bits per heavy atom. The normalized spacial score (nSPS) is 10.6. The van der Waals surface area contributed by atoms with E-state index < -0.39 is 28.7 Å². The summed E-state index contributed by atoms with van der Waals surface area (Å²) in [5.41, 5.74) is -1.23. The Kier molecular flexibility index (Phi) is 2.74. The predicted octanol–water partition coefficient (Wildman–Crippen LogP) is 2.46. The van der Waals surface area contributed by atoms with Crippen molar-refractivity contribution in [3.8, 4) is 0 Å². The van der Waals surface area contributed by atoms with Crippen LogP contribution >= 0.6 is 0 Å². The van der Waals surface area contributed by atoms with Crippen molar-refractivity contribution in [3.05, 3.63) is 34.8 Å². The smallest absolute Gasteiger partial charge is 0.266 e. The van der Waals surface area contributed by atoms with Gasteiger partial charge in [-0.15, -0.1) is 0 Å². The number of rotatable bonds is 2. The van der Waals surface area contributed by atoms with Crippen molar-refractivity contribution in [3.63, 3.8) is 0 Å². The number of anilines is 1. The molecule has 0 bridgehead atoms. The van der Waals surface area contributed by atoms with Gasteiger partial charge in [0.05, 0.1) is 11.3 Å². The Morgan fingerprint density at radius 1 is 1.38 bits per heavy atom. The van der Waals surface area contributed by atoms with Gasteiger partial charge in [0.15, 0.2) is 0 Å². The van der Waals surface area contributed by atoms with Crippen LogP contribution in [0.4, 0.5) is 18.9 Å². The van der Waals surface area contributed by atoms with E-state index in [1.807, 2.05) is 0 Å². The Balaban J connectivity index is 3.06. The van der Waals surface area contributed by atoms with Crippen LogP contribution in [0, 0.1) is 11.0 Å². The van der Waals surface area contributed by atoms with Crippen molar-refractivity contribution in [2.75, 3.05) is 5.23 Å². The highest BCUT2D eigenvalue weighted by Crippen LogP contribution is 2.25. The van der Waals surface area contributed by atoms with Gasteiger partial charge in [0.1, 0.15) is 5.82 Å². The molecule has 0 fully saturated rings. The minimum absolute atomic E-state index is 0.429. The molecule has 0 aliphatic carbocycles. The van der Waals surface area contributed by atoms with Gasteiger partial charge in [-0.3, -0.25) is 5.21 Å². The summed E-state index contributed by atoms with van der Waals surface area (Å²) in [6.45, 7) is 0. The highest BCUT2D eigenvalue weighted by molar-refractivity contribution is 5.46. The fraction of sp³-hybridized carbons (Fsp3) is 0.143. The van der Waals surface area contributed by atoms with Gasteiger partial charge < -0.3 is 10.4 Å². The van der Waals surface area contributed by atoms with E-state index in [0.717, 1.165) is 12.1 Å². The van der Waals surface area contributed by atoms with E-state index in [0.29, 0.717) is 6.07 Å². The minimum atomic E-state index is -2.94. The molecule has 1 rings (SSSR count). The maximum absolute atomic E-state index is 12.7. The molecule has 0 aliphatic heterocycles. The average Bonchev–Trinajstić information content (AvgIpc) is 2.03. The summed E-state index contributed by atoms with van der Waals surface area (Å²) < 4.78 is 36.6. The number of nitrogens with zero attached hydrogens (tertiary/aromatic N) is 1. The van der Waals surface area contributed by atoms with Crippen molar-refractivity contribution < 1.29 is 18.4 Å². The highest BCUT2D eigenvalue weighted by Gasteiger charge is 2.13. The van der Waals surface area contributed by atoms with Gasteiger partial charge in [0.2, 0.25) is 0 Å². The van der Waals surface area contributed by atoms with Crippen molar-refractivity contribution in [2.45, 2.75) is 6.43 Å². The quantitative estimate of drug-likeness (QED) is 0.732. The van der Waals surface area contributed by atoms with Gasteiger partial charge in [0.25, 0.3) is 6.43 Å². The molecule has 0 aromatic heterocycles. The molecule has 0 atom stereocenters. The van der Waals surface area contributed by atoms with Crippen LogP contribution in [0.25, 0.3) is 0 Å². The van der Waals surface area contributed by atoms with Crippen LogP contribution in [0.15, 0.2) is 18.2 Å². The van der Waals surface area contributed by atoms with E-state index >= 15 is 0 Å². The first-order chi connectivity index (χ1) is 6.02. The summed E-state index contributed by atoms with van der Waals surface area (Å²) in [6.07, 6.45) is -2.94. The molecule has 3 nitrogen and oxygen atoms in total. The van der Waals surface area contributed by atoms with E-state index in [1.54, 1.807) is 0 Å². The third-order valence-electron chi connectivity index (χ3n) is 1.44. The lowest BCUT2D eigenvalue weighted by molar-refractivity contribution is 0.146. The zero-order valence-corrected chi connectivity index (χ0v) is 6.25. The van der Waals surface area contributed by atoms with Crippen LogP contribution in [0.2, 0.25) is 0 Å². The van der Waals surface area contributed by atoms with Gasteiger partial charge in [-0.05, 0) is 18.2 Å². The number of hydrogen-bond acceptors (Lipinski definition) is 3. The number of benzene rings is 1. The number of hydrogen-bond donors (Lipinski definition) is 1. The first kappa shape index (κ1) is 9.82. The molecular formula is C7H5F3NO2-. The van der Waals surface area contributed by atoms with Gasteiger partial charge in [0, 0.05) is 0 Å². The lowest BCUT2D eigenvalue weighted by Gasteiger charge is -2.21. The maximum Gasteiger partial charge on any atom is 0.266 e. The number of halogens is 3. The fourth-order valence-corrected chi connectivity index (χ4v) is 0.812. The van der Waals surface area contributed by atoms with Gasteiger partial charge in [-0.25, -0.2) is 13.2 Å². The molecule has 1 aromatic rings. The Hall–Kier alpha value is -1.27. The third-order valence-corrected chi connectivity index (χ3v) is 1.44. The Labute approximate surface area is 71.5 Å². The first-order valence-electron chi connectivity index (χ1n) is 3.26. The zero-order valence-electron chi connectivity index (χ0n) is 6.25. The van der Waals surface area contributed by atoms with Crippen molar-refractivity contribution in [2.24, 2.45) is 0 Å². The molecule has 0 saturated carbocycles. The summed E-state index contributed by atoms with van der Waals surface area (Å²) >= 11 is 0. The molecule has 1 N–H and O–H groups in total. The topological polar surface area (TPSA) is 46.5 Å². The molecular weight excluding hydrogens is 187 g/mol. The second kappa shape index (κ2) is 3.63. The summed E-state index contributed by atoms with van der Waals surface area (Å²) in [5, 5.41) is 17.9. The highest BCUT2D eigenvalue weighted by atomic mass is 19.3. The molecule has 0 heterocycles. The predicted molar refractivity (Wildman–Crippen MR) is 39.0 cm³/mol. The van der Waals surface area contributed by atoms with E-state index in [4.69, 9.17) is 5.21 Å². The van der Waals surface area contributed by atoms with Crippen LogP contribution in [0.3, 0.4) is 0 Å². The van der Waals surface area contributed by atoms with Crippen molar-refractivity contribution in [1.29, 1.82) is 0 Å². The van der Waals surface area contributed by atoms with E-state index in [-0.39, 0.29) is 0 Å². The Bertz CT molecular complexity index is 304. The van der Waals surface area contributed by atoms with Crippen molar-refractivity contribution >= 4 is 5.69 Å². The molecule has 0 spiro atoms.